The minimum Gasteiger partial charge on any atom is -0.388 e. The fourth-order valence-corrected chi connectivity index (χ4v) is 3.60. The molecule has 0 saturated carbocycles. The molecule has 1 heterocycles. The van der Waals surface area contributed by atoms with Gasteiger partial charge < -0.3 is 10.6 Å². The predicted molar refractivity (Wildman–Crippen MR) is 147 cm³/mol. The Morgan fingerprint density at radius 1 is 1.00 bits per heavy atom. The molecule has 1 aromatic heterocycles. The fraction of sp³-hybridized carbons (Fsp3) is 0.200. The Balaban J connectivity index is 1.84. The Bertz CT molecular complexity index is 1200. The Hall–Kier alpha value is -3.92. The van der Waals surface area contributed by atoms with Crippen LogP contribution in [0.15, 0.2) is 103 Å². The molecule has 0 aliphatic heterocycles. The minimum absolute atomic E-state index is 0.406. The molecule has 2 aromatic carbocycles. The van der Waals surface area contributed by atoms with Gasteiger partial charge in [0.05, 0.1) is 0 Å². The SMILES string of the molecule is C=C(N/C(C)=C/N=CC(C)C)C(=C)c1cc(-c2cncc(Cc3ccccc3)c2)ccc1NC. The van der Waals surface area contributed by atoms with E-state index in [-0.39, 0.29) is 0 Å². The number of aliphatic imine (C=N–C) groups is 1. The van der Waals surface area contributed by atoms with Crippen LogP contribution in [-0.4, -0.2) is 18.2 Å². The zero-order valence-corrected chi connectivity index (χ0v) is 20.6. The lowest BCUT2D eigenvalue weighted by molar-refractivity contribution is 0.905. The number of anilines is 1. The summed E-state index contributed by atoms with van der Waals surface area (Å²) < 4.78 is 0. The minimum atomic E-state index is 0.406. The number of aromatic nitrogens is 1. The highest BCUT2D eigenvalue weighted by atomic mass is 14.9. The highest BCUT2D eigenvalue weighted by molar-refractivity contribution is 5.86. The Morgan fingerprint density at radius 2 is 1.76 bits per heavy atom. The summed E-state index contributed by atoms with van der Waals surface area (Å²) in [5, 5.41) is 6.58. The van der Waals surface area contributed by atoms with Crippen LogP contribution in [0, 0.1) is 5.92 Å². The van der Waals surface area contributed by atoms with Crippen molar-refractivity contribution < 1.29 is 0 Å². The maximum atomic E-state index is 4.50. The van der Waals surface area contributed by atoms with E-state index in [2.05, 4.69) is 96.1 Å². The van der Waals surface area contributed by atoms with E-state index in [1.54, 1.807) is 6.20 Å². The molecule has 0 aliphatic rings. The van der Waals surface area contributed by atoms with Crippen molar-refractivity contribution in [2.75, 3.05) is 12.4 Å². The van der Waals surface area contributed by atoms with Gasteiger partial charge in [0.2, 0.25) is 0 Å². The van der Waals surface area contributed by atoms with E-state index >= 15 is 0 Å². The molecule has 0 amide bonds. The van der Waals surface area contributed by atoms with E-state index in [4.69, 9.17) is 0 Å². The van der Waals surface area contributed by atoms with Crippen molar-refractivity contribution in [1.29, 1.82) is 0 Å². The first-order valence-electron chi connectivity index (χ1n) is 11.5. The molecule has 3 aromatic rings. The number of allylic oxidation sites excluding steroid dienone is 2. The lowest BCUT2D eigenvalue weighted by Gasteiger charge is -2.17. The third kappa shape index (κ3) is 6.79. The smallest absolute Gasteiger partial charge is 0.0454 e. The average Bonchev–Trinajstić information content (AvgIpc) is 2.83. The molecule has 0 radical (unpaired) electrons. The van der Waals surface area contributed by atoms with Crippen LogP contribution < -0.4 is 10.6 Å². The van der Waals surface area contributed by atoms with Crippen LogP contribution in [-0.2, 0) is 6.42 Å². The molecule has 0 atom stereocenters. The highest BCUT2D eigenvalue weighted by Crippen LogP contribution is 2.32. The van der Waals surface area contributed by atoms with Gasteiger partial charge in [-0.05, 0) is 59.7 Å². The van der Waals surface area contributed by atoms with Crippen molar-refractivity contribution in [3.8, 4) is 11.1 Å². The predicted octanol–water partition coefficient (Wildman–Crippen LogP) is 7.09. The third-order valence-electron chi connectivity index (χ3n) is 5.36. The van der Waals surface area contributed by atoms with Gasteiger partial charge >= 0.3 is 0 Å². The largest absolute Gasteiger partial charge is 0.388 e. The Morgan fingerprint density at radius 3 is 2.47 bits per heavy atom. The molecule has 0 fully saturated rings. The summed E-state index contributed by atoms with van der Waals surface area (Å²) >= 11 is 0. The number of hydrogen-bond acceptors (Lipinski definition) is 4. The number of nitrogens with zero attached hydrogens (tertiary/aromatic N) is 2. The van der Waals surface area contributed by atoms with Gasteiger partial charge in [-0.3, -0.25) is 9.98 Å². The molecule has 3 rings (SSSR count). The number of nitrogens with one attached hydrogen (secondary N) is 2. The summed E-state index contributed by atoms with van der Waals surface area (Å²) in [6.45, 7) is 14.7. The summed E-state index contributed by atoms with van der Waals surface area (Å²) in [6, 6.07) is 19.0. The highest BCUT2D eigenvalue weighted by Gasteiger charge is 2.12. The van der Waals surface area contributed by atoms with Crippen LogP contribution >= 0.6 is 0 Å². The van der Waals surface area contributed by atoms with Gasteiger partial charge in [0, 0.05) is 60.1 Å². The molecule has 0 spiro atoms. The van der Waals surface area contributed by atoms with Crippen LogP contribution in [0.5, 0.6) is 0 Å². The molecular weight excluding hydrogens is 416 g/mol. The van der Waals surface area contributed by atoms with Crippen LogP contribution in [0.3, 0.4) is 0 Å². The molecule has 2 N–H and O–H groups in total. The Kier molecular flexibility index (Phi) is 8.58. The van der Waals surface area contributed by atoms with Crippen LogP contribution in [0.2, 0.25) is 0 Å². The summed E-state index contributed by atoms with van der Waals surface area (Å²) in [6.07, 6.45) is 8.40. The number of pyridine rings is 1. The quantitative estimate of drug-likeness (QED) is 0.256. The van der Waals surface area contributed by atoms with Gasteiger partial charge in [-0.15, -0.1) is 0 Å². The molecular formula is C30H34N4. The van der Waals surface area contributed by atoms with Crippen molar-refractivity contribution in [2.45, 2.75) is 27.2 Å². The van der Waals surface area contributed by atoms with Crippen molar-refractivity contribution in [2.24, 2.45) is 10.9 Å². The van der Waals surface area contributed by atoms with Gasteiger partial charge in [0.15, 0.2) is 0 Å². The van der Waals surface area contributed by atoms with Gasteiger partial charge in [-0.2, -0.15) is 0 Å². The molecule has 34 heavy (non-hydrogen) atoms. The van der Waals surface area contributed by atoms with Crippen molar-refractivity contribution in [3.63, 3.8) is 0 Å². The van der Waals surface area contributed by atoms with Crippen molar-refractivity contribution >= 4 is 17.5 Å². The van der Waals surface area contributed by atoms with Gasteiger partial charge in [0.1, 0.15) is 0 Å². The lowest BCUT2D eigenvalue weighted by atomic mass is 9.96. The zero-order chi connectivity index (χ0) is 24.5. The maximum Gasteiger partial charge on any atom is 0.0454 e. The molecule has 0 bridgehead atoms. The second kappa shape index (κ2) is 11.8. The standard InChI is InChI=1S/C30H34N4/c1-21(2)17-32-18-22(3)34-24(5)23(4)29-16-27(12-13-30(29)31-6)28-15-26(19-33-20-28)14-25-10-8-7-9-11-25/h7-13,15-21,31,34H,4-5,14H2,1-3,6H3/b22-18+,32-17?. The molecule has 0 unspecified atom stereocenters. The molecule has 0 aliphatic carbocycles. The first-order valence-corrected chi connectivity index (χ1v) is 11.5. The normalized spacial score (nSPS) is 11.6. The maximum absolute atomic E-state index is 4.50. The van der Waals surface area contributed by atoms with Gasteiger partial charge in [0.25, 0.3) is 0 Å². The average molecular weight is 451 g/mol. The van der Waals surface area contributed by atoms with Crippen LogP contribution in [0.1, 0.15) is 37.5 Å². The summed E-state index contributed by atoms with van der Waals surface area (Å²) in [4.78, 5) is 8.84. The zero-order valence-electron chi connectivity index (χ0n) is 20.6. The first-order chi connectivity index (χ1) is 16.4. The first kappa shape index (κ1) is 24.7. The van der Waals surface area contributed by atoms with Crippen molar-refractivity contribution in [1.82, 2.24) is 10.3 Å². The van der Waals surface area contributed by atoms with Crippen LogP contribution in [0.4, 0.5) is 5.69 Å². The van der Waals surface area contributed by atoms with E-state index in [9.17, 15) is 0 Å². The topological polar surface area (TPSA) is 49.3 Å². The van der Waals surface area contributed by atoms with E-state index < -0.39 is 0 Å². The number of rotatable bonds is 10. The lowest BCUT2D eigenvalue weighted by Crippen LogP contribution is -2.11. The second-order valence-electron chi connectivity index (χ2n) is 8.69. The van der Waals surface area contributed by atoms with E-state index in [1.165, 1.54) is 11.1 Å². The van der Waals surface area contributed by atoms with Crippen LogP contribution in [0.25, 0.3) is 16.7 Å². The molecule has 4 heteroatoms. The second-order valence-corrected chi connectivity index (χ2v) is 8.69. The number of hydrogen-bond donors (Lipinski definition) is 2. The third-order valence-corrected chi connectivity index (χ3v) is 5.36. The summed E-state index contributed by atoms with van der Waals surface area (Å²) in [7, 11) is 1.91. The molecule has 0 saturated heterocycles. The van der Waals surface area contributed by atoms with Crippen molar-refractivity contribution in [3.05, 3.63) is 114 Å². The van der Waals surface area contributed by atoms with E-state index in [1.807, 2.05) is 38.6 Å². The van der Waals surface area contributed by atoms with E-state index in [0.29, 0.717) is 5.92 Å². The Labute approximate surface area is 203 Å². The van der Waals surface area contributed by atoms with E-state index in [0.717, 1.165) is 45.8 Å². The molecule has 4 nitrogen and oxygen atoms in total. The van der Waals surface area contributed by atoms with Gasteiger partial charge in [-0.1, -0.05) is 63.4 Å². The summed E-state index contributed by atoms with van der Waals surface area (Å²) in [5.41, 5.74) is 9.04. The number of benzene rings is 2. The monoisotopic (exact) mass is 450 g/mol. The fourth-order valence-electron chi connectivity index (χ4n) is 3.60. The molecule has 174 valence electrons. The summed E-state index contributed by atoms with van der Waals surface area (Å²) in [5.74, 6) is 0.406. The van der Waals surface area contributed by atoms with Gasteiger partial charge in [-0.25, -0.2) is 0 Å².